The van der Waals surface area contributed by atoms with Gasteiger partial charge in [0.25, 0.3) is 5.91 Å². The molecule has 0 fully saturated rings. The number of benzene rings is 1. The van der Waals surface area contributed by atoms with E-state index in [0.29, 0.717) is 27.9 Å². The molecule has 0 bridgehead atoms. The molecule has 1 aromatic rings. The first-order chi connectivity index (χ1) is 8.80. The summed E-state index contributed by atoms with van der Waals surface area (Å²) >= 11 is 9.14. The van der Waals surface area contributed by atoms with Crippen molar-refractivity contribution in [2.24, 2.45) is 0 Å². The van der Waals surface area contributed by atoms with Crippen molar-refractivity contribution in [2.45, 2.75) is 32.2 Å². The fourth-order valence-electron chi connectivity index (χ4n) is 1.68. The van der Waals surface area contributed by atoms with E-state index >= 15 is 0 Å². The van der Waals surface area contributed by atoms with Crippen LogP contribution in [0.3, 0.4) is 0 Å². The van der Waals surface area contributed by atoms with Gasteiger partial charge in [-0.25, -0.2) is 4.79 Å². The van der Waals surface area contributed by atoms with Crippen molar-refractivity contribution in [1.82, 2.24) is 5.32 Å². The van der Waals surface area contributed by atoms with E-state index < -0.39 is 17.4 Å². The summed E-state index contributed by atoms with van der Waals surface area (Å²) in [7, 11) is 0. The Hall–Kier alpha value is -1.07. The van der Waals surface area contributed by atoms with E-state index in [4.69, 9.17) is 11.6 Å². The maximum Gasteiger partial charge on any atom is 0.329 e. The first kappa shape index (κ1) is 16.0. The minimum atomic E-state index is -1.27. The van der Waals surface area contributed by atoms with E-state index in [1.54, 1.807) is 12.1 Å². The van der Waals surface area contributed by atoms with Crippen LogP contribution in [0.1, 0.15) is 37.0 Å². The monoisotopic (exact) mass is 347 g/mol. The van der Waals surface area contributed by atoms with Crippen LogP contribution in [-0.4, -0.2) is 22.5 Å². The van der Waals surface area contributed by atoms with Gasteiger partial charge in [0.15, 0.2) is 0 Å². The van der Waals surface area contributed by atoms with E-state index in [1.165, 1.54) is 13.0 Å². The molecule has 19 heavy (non-hydrogen) atoms. The Morgan fingerprint density at radius 2 is 2.11 bits per heavy atom. The maximum atomic E-state index is 12.1. The van der Waals surface area contributed by atoms with Crippen LogP contribution >= 0.6 is 27.5 Å². The second-order valence-electron chi connectivity index (χ2n) is 4.47. The Balaban J connectivity index is 2.94. The number of carboxylic acid groups (broad SMARTS) is 1. The highest BCUT2D eigenvalue weighted by Crippen LogP contribution is 2.23. The second kappa shape index (κ2) is 6.39. The minimum absolute atomic E-state index is 0.330. The Bertz CT molecular complexity index is 507. The van der Waals surface area contributed by atoms with Crippen LogP contribution in [0.15, 0.2) is 22.7 Å². The van der Waals surface area contributed by atoms with E-state index in [2.05, 4.69) is 21.2 Å². The number of rotatable bonds is 5. The van der Waals surface area contributed by atoms with Gasteiger partial charge in [-0.2, -0.15) is 0 Å². The zero-order valence-corrected chi connectivity index (χ0v) is 13.0. The predicted octanol–water partition coefficient (Wildman–Crippen LogP) is 3.48. The molecule has 0 aliphatic carbocycles. The molecule has 0 aliphatic heterocycles. The molecule has 0 saturated carbocycles. The van der Waals surface area contributed by atoms with Crippen molar-refractivity contribution in [1.29, 1.82) is 0 Å². The minimum Gasteiger partial charge on any atom is -0.480 e. The van der Waals surface area contributed by atoms with Gasteiger partial charge in [-0.3, -0.25) is 4.79 Å². The van der Waals surface area contributed by atoms with E-state index in [-0.39, 0.29) is 0 Å². The van der Waals surface area contributed by atoms with Crippen molar-refractivity contribution in [3.8, 4) is 0 Å². The average molecular weight is 349 g/mol. The van der Waals surface area contributed by atoms with Crippen molar-refractivity contribution >= 4 is 39.4 Å². The lowest BCUT2D eigenvalue weighted by Gasteiger charge is -2.25. The third kappa shape index (κ3) is 3.94. The third-order valence-electron chi connectivity index (χ3n) is 2.79. The van der Waals surface area contributed by atoms with Gasteiger partial charge in [0.1, 0.15) is 5.54 Å². The number of aliphatic carboxylic acids is 1. The molecule has 2 N–H and O–H groups in total. The molecule has 0 spiro atoms. The average Bonchev–Trinajstić information content (AvgIpc) is 2.32. The first-order valence-electron chi connectivity index (χ1n) is 5.81. The fourth-order valence-corrected chi connectivity index (χ4v) is 2.11. The van der Waals surface area contributed by atoms with E-state index in [0.717, 1.165) is 0 Å². The summed E-state index contributed by atoms with van der Waals surface area (Å²) in [6.07, 6.45) is 1.02. The maximum absolute atomic E-state index is 12.1. The molecule has 1 unspecified atom stereocenters. The Morgan fingerprint density at radius 1 is 1.47 bits per heavy atom. The number of halogens is 2. The highest BCUT2D eigenvalue weighted by atomic mass is 79.9. The van der Waals surface area contributed by atoms with Gasteiger partial charge < -0.3 is 10.4 Å². The molecule has 0 aromatic heterocycles. The Kier molecular flexibility index (Phi) is 5.38. The molecule has 0 saturated heterocycles. The van der Waals surface area contributed by atoms with Crippen LogP contribution in [0.2, 0.25) is 5.02 Å². The zero-order chi connectivity index (χ0) is 14.6. The van der Waals surface area contributed by atoms with Crippen LogP contribution in [-0.2, 0) is 4.79 Å². The van der Waals surface area contributed by atoms with E-state index in [9.17, 15) is 14.7 Å². The van der Waals surface area contributed by atoms with E-state index in [1.807, 2.05) is 6.92 Å². The second-order valence-corrected chi connectivity index (χ2v) is 5.73. The molecule has 104 valence electrons. The summed E-state index contributed by atoms with van der Waals surface area (Å²) in [5.74, 6) is -1.50. The molecule has 1 atom stereocenters. The lowest BCUT2D eigenvalue weighted by atomic mass is 9.96. The molecule has 1 amide bonds. The van der Waals surface area contributed by atoms with Crippen LogP contribution in [0, 0.1) is 0 Å². The van der Waals surface area contributed by atoms with Crippen molar-refractivity contribution in [3.63, 3.8) is 0 Å². The molecule has 0 aliphatic rings. The molecule has 1 aromatic carbocycles. The summed E-state index contributed by atoms with van der Waals surface area (Å²) in [4.78, 5) is 23.3. The predicted molar refractivity (Wildman–Crippen MR) is 77.6 cm³/mol. The van der Waals surface area contributed by atoms with Crippen molar-refractivity contribution in [3.05, 3.63) is 33.3 Å². The lowest BCUT2D eigenvalue weighted by Crippen LogP contribution is -2.52. The first-order valence-corrected chi connectivity index (χ1v) is 6.98. The molecule has 6 heteroatoms. The highest BCUT2D eigenvalue weighted by Gasteiger charge is 2.34. The van der Waals surface area contributed by atoms with Gasteiger partial charge in [-0.1, -0.05) is 24.9 Å². The quantitative estimate of drug-likeness (QED) is 0.856. The molecule has 0 heterocycles. The number of hydrogen-bond donors (Lipinski definition) is 2. The summed E-state index contributed by atoms with van der Waals surface area (Å²) in [6.45, 7) is 3.36. The topological polar surface area (TPSA) is 66.4 Å². The molecular formula is C13H15BrClNO3. The number of nitrogens with one attached hydrogen (secondary N) is 1. The summed E-state index contributed by atoms with van der Waals surface area (Å²) in [5.41, 5.74) is -0.942. The smallest absolute Gasteiger partial charge is 0.329 e. The number of hydrogen-bond acceptors (Lipinski definition) is 2. The Morgan fingerprint density at radius 3 is 2.58 bits per heavy atom. The van der Waals surface area contributed by atoms with Gasteiger partial charge in [-0.15, -0.1) is 0 Å². The van der Waals surface area contributed by atoms with Crippen molar-refractivity contribution in [2.75, 3.05) is 0 Å². The van der Waals surface area contributed by atoms with Crippen LogP contribution < -0.4 is 5.32 Å². The van der Waals surface area contributed by atoms with Gasteiger partial charge in [0.2, 0.25) is 0 Å². The largest absolute Gasteiger partial charge is 0.480 e. The number of amides is 1. The lowest BCUT2D eigenvalue weighted by molar-refractivity contribution is -0.144. The normalized spacial score (nSPS) is 13.7. The zero-order valence-electron chi connectivity index (χ0n) is 10.7. The third-order valence-corrected chi connectivity index (χ3v) is 4.03. The van der Waals surface area contributed by atoms with Gasteiger partial charge >= 0.3 is 5.97 Å². The SMILES string of the molecule is CCCC(C)(NC(=O)c1ccc(Br)c(Cl)c1)C(=O)O. The molecular weight excluding hydrogens is 334 g/mol. The van der Waals surface area contributed by atoms with Crippen LogP contribution in [0.4, 0.5) is 0 Å². The van der Waals surface area contributed by atoms with Gasteiger partial charge in [-0.05, 0) is 47.5 Å². The summed E-state index contributed by atoms with van der Waals surface area (Å²) < 4.78 is 0.681. The molecule has 0 radical (unpaired) electrons. The Labute approximate surface area is 125 Å². The molecule has 1 rings (SSSR count). The number of carboxylic acids is 1. The fraction of sp³-hybridized carbons (Fsp3) is 0.385. The number of carbonyl (C=O) groups excluding carboxylic acids is 1. The highest BCUT2D eigenvalue weighted by molar-refractivity contribution is 9.10. The van der Waals surface area contributed by atoms with Gasteiger partial charge in [0.05, 0.1) is 5.02 Å². The standard InChI is InChI=1S/C13H15BrClNO3/c1-3-6-13(2,12(18)19)16-11(17)8-4-5-9(14)10(15)7-8/h4-5,7H,3,6H2,1-2H3,(H,16,17)(H,18,19). The summed E-state index contributed by atoms with van der Waals surface area (Å²) in [5, 5.41) is 12.2. The van der Waals surface area contributed by atoms with Gasteiger partial charge in [0, 0.05) is 10.0 Å². The summed E-state index contributed by atoms with van der Waals surface area (Å²) in [6, 6.07) is 4.73. The number of carbonyl (C=O) groups is 2. The van der Waals surface area contributed by atoms with Crippen LogP contribution in [0.5, 0.6) is 0 Å². The van der Waals surface area contributed by atoms with Crippen molar-refractivity contribution < 1.29 is 14.7 Å². The van der Waals surface area contributed by atoms with Crippen LogP contribution in [0.25, 0.3) is 0 Å². The molecule has 4 nitrogen and oxygen atoms in total.